The van der Waals surface area contributed by atoms with Gasteiger partial charge in [-0.3, -0.25) is 0 Å². The van der Waals surface area contributed by atoms with E-state index in [-0.39, 0.29) is 0 Å². The molecule has 0 heterocycles. The summed E-state index contributed by atoms with van der Waals surface area (Å²) in [6.45, 7) is 6.62. The van der Waals surface area contributed by atoms with Gasteiger partial charge < -0.3 is 0 Å². The number of fused-ring (bicyclic) bond motifs is 2. The van der Waals surface area contributed by atoms with Gasteiger partial charge in [0.15, 0.2) is 0 Å². The topological polar surface area (TPSA) is 0 Å². The third kappa shape index (κ3) is 4.37. The van der Waals surface area contributed by atoms with Gasteiger partial charge in [0, 0.05) is 0 Å². The van der Waals surface area contributed by atoms with Crippen LogP contribution in [-0.2, 0) is 0 Å². The molecule has 0 saturated heterocycles. The van der Waals surface area contributed by atoms with Crippen molar-refractivity contribution in [1.29, 1.82) is 0 Å². The Morgan fingerprint density at radius 3 is 2.58 bits per heavy atom. The van der Waals surface area contributed by atoms with Crippen molar-refractivity contribution in [3.8, 4) is 0 Å². The molecular formula is C19H30. The van der Waals surface area contributed by atoms with Crippen LogP contribution in [0.15, 0.2) is 35.5 Å². The molecule has 0 aromatic carbocycles. The van der Waals surface area contributed by atoms with E-state index in [9.17, 15) is 0 Å². The molecule has 0 spiro atoms. The molecule has 1 fully saturated rings. The van der Waals surface area contributed by atoms with Crippen molar-refractivity contribution in [1.82, 2.24) is 0 Å². The van der Waals surface area contributed by atoms with Crippen LogP contribution in [0.1, 0.15) is 65.7 Å². The number of hydrogen-bond acceptors (Lipinski definition) is 0. The van der Waals surface area contributed by atoms with Crippen LogP contribution in [0.2, 0.25) is 0 Å². The summed E-state index contributed by atoms with van der Waals surface area (Å²) in [5.41, 5.74) is 3.17. The van der Waals surface area contributed by atoms with Crippen molar-refractivity contribution in [2.45, 2.75) is 65.7 Å². The Bertz CT molecular complexity index is 365. The van der Waals surface area contributed by atoms with Crippen LogP contribution in [-0.4, -0.2) is 0 Å². The average Bonchev–Trinajstić information content (AvgIpc) is 2.98. The van der Waals surface area contributed by atoms with Crippen LogP contribution >= 0.6 is 0 Å². The Kier molecular flexibility index (Phi) is 5.48. The van der Waals surface area contributed by atoms with Gasteiger partial charge in [0.25, 0.3) is 0 Å². The van der Waals surface area contributed by atoms with Crippen molar-refractivity contribution in [2.75, 3.05) is 0 Å². The number of unbranched alkanes of at least 4 members (excludes halogenated alkanes) is 2. The van der Waals surface area contributed by atoms with Gasteiger partial charge >= 0.3 is 0 Å². The molecule has 0 nitrogen and oxygen atoms in total. The van der Waals surface area contributed by atoms with E-state index in [4.69, 9.17) is 0 Å². The van der Waals surface area contributed by atoms with Gasteiger partial charge in [-0.2, -0.15) is 0 Å². The Morgan fingerprint density at radius 1 is 1.16 bits per heavy atom. The molecule has 0 aliphatic heterocycles. The highest BCUT2D eigenvalue weighted by Crippen LogP contribution is 2.46. The van der Waals surface area contributed by atoms with Gasteiger partial charge in [-0.25, -0.2) is 0 Å². The molecule has 106 valence electrons. The molecule has 2 bridgehead atoms. The molecule has 0 amide bonds. The predicted molar refractivity (Wildman–Crippen MR) is 85.1 cm³/mol. The highest BCUT2D eigenvalue weighted by atomic mass is 14.4. The third-order valence-electron chi connectivity index (χ3n) is 4.85. The molecule has 0 heteroatoms. The third-order valence-corrected chi connectivity index (χ3v) is 4.85. The molecule has 1 saturated carbocycles. The summed E-state index contributed by atoms with van der Waals surface area (Å²) in [4.78, 5) is 0. The Hall–Kier alpha value is -0.780. The van der Waals surface area contributed by atoms with E-state index in [1.54, 1.807) is 5.57 Å². The normalized spacial score (nSPS) is 29.0. The lowest BCUT2D eigenvalue weighted by molar-refractivity contribution is 0.437. The fraction of sp³-hybridized carbons (Fsp3) is 0.684. The second kappa shape index (κ2) is 7.12. The molecule has 3 unspecified atom stereocenters. The minimum absolute atomic E-state index is 0.908. The molecule has 2 aliphatic rings. The second-order valence-corrected chi connectivity index (χ2v) is 6.72. The quantitative estimate of drug-likeness (QED) is 0.384. The highest BCUT2D eigenvalue weighted by Gasteiger charge is 2.35. The lowest BCUT2D eigenvalue weighted by atomic mass is 9.86. The number of allylic oxidation sites excluding steroid dienone is 6. The first kappa shape index (κ1) is 14.6. The summed E-state index contributed by atoms with van der Waals surface area (Å²) in [5, 5.41) is 0. The molecule has 0 N–H and O–H groups in total. The van der Waals surface area contributed by atoms with Gasteiger partial charge in [0.05, 0.1) is 0 Å². The lowest BCUT2D eigenvalue weighted by Crippen LogP contribution is -2.08. The van der Waals surface area contributed by atoms with E-state index in [1.807, 2.05) is 0 Å². The molecule has 3 atom stereocenters. The SMILES string of the molecule is C/C=C(\CCCCC=C(C)C)CC1CC2C=CC1C2. The number of hydrogen-bond donors (Lipinski definition) is 0. The second-order valence-electron chi connectivity index (χ2n) is 6.72. The predicted octanol–water partition coefficient (Wildman–Crippen LogP) is 6.06. The molecule has 2 aliphatic carbocycles. The first-order chi connectivity index (χ1) is 9.19. The maximum absolute atomic E-state index is 2.49. The summed E-state index contributed by atoms with van der Waals surface area (Å²) >= 11 is 0. The standard InChI is InChI=1S/C19H30/c1-4-16(9-7-5-6-8-15(2)3)12-19-14-17-10-11-18(19)13-17/h4,8,10-11,17-19H,5-7,9,12-14H2,1-3H3/b16-4+. The van der Waals surface area contributed by atoms with Crippen molar-refractivity contribution in [3.63, 3.8) is 0 Å². The zero-order valence-electron chi connectivity index (χ0n) is 13.0. The number of rotatable bonds is 7. The molecule has 19 heavy (non-hydrogen) atoms. The summed E-state index contributed by atoms with van der Waals surface area (Å²) in [7, 11) is 0. The van der Waals surface area contributed by atoms with E-state index in [0.717, 1.165) is 17.8 Å². The van der Waals surface area contributed by atoms with Crippen LogP contribution in [0.4, 0.5) is 0 Å². The minimum Gasteiger partial charge on any atom is -0.0884 e. The first-order valence-corrected chi connectivity index (χ1v) is 8.14. The average molecular weight is 258 g/mol. The zero-order chi connectivity index (χ0) is 13.7. The van der Waals surface area contributed by atoms with Crippen molar-refractivity contribution in [3.05, 3.63) is 35.5 Å². The lowest BCUT2D eigenvalue weighted by Gasteiger charge is -2.19. The van der Waals surface area contributed by atoms with Crippen molar-refractivity contribution in [2.24, 2.45) is 17.8 Å². The van der Waals surface area contributed by atoms with Crippen LogP contribution in [0, 0.1) is 17.8 Å². The van der Waals surface area contributed by atoms with Gasteiger partial charge in [-0.15, -0.1) is 0 Å². The van der Waals surface area contributed by atoms with E-state index >= 15 is 0 Å². The molecule has 0 radical (unpaired) electrons. The van der Waals surface area contributed by atoms with Crippen LogP contribution in [0.5, 0.6) is 0 Å². The van der Waals surface area contributed by atoms with Crippen LogP contribution in [0.25, 0.3) is 0 Å². The van der Waals surface area contributed by atoms with E-state index in [0.29, 0.717) is 0 Å². The molecule has 2 rings (SSSR count). The first-order valence-electron chi connectivity index (χ1n) is 8.14. The van der Waals surface area contributed by atoms with Gasteiger partial charge in [0.2, 0.25) is 0 Å². The molecule has 0 aromatic heterocycles. The van der Waals surface area contributed by atoms with E-state index in [2.05, 4.69) is 45.1 Å². The summed E-state index contributed by atoms with van der Waals surface area (Å²) < 4.78 is 0. The Balaban J connectivity index is 1.67. The Labute approximate surface area is 119 Å². The zero-order valence-corrected chi connectivity index (χ0v) is 13.0. The maximum Gasteiger partial charge on any atom is -0.0196 e. The smallest absolute Gasteiger partial charge is 0.0196 e. The summed E-state index contributed by atoms with van der Waals surface area (Å²) in [5.74, 6) is 2.79. The van der Waals surface area contributed by atoms with Gasteiger partial charge in [-0.1, -0.05) is 35.5 Å². The van der Waals surface area contributed by atoms with Gasteiger partial charge in [0.1, 0.15) is 0 Å². The minimum atomic E-state index is 0.908. The van der Waals surface area contributed by atoms with E-state index in [1.165, 1.54) is 50.5 Å². The van der Waals surface area contributed by atoms with Crippen molar-refractivity contribution < 1.29 is 0 Å². The van der Waals surface area contributed by atoms with Gasteiger partial charge in [-0.05, 0) is 83.5 Å². The Morgan fingerprint density at radius 2 is 2.00 bits per heavy atom. The van der Waals surface area contributed by atoms with E-state index < -0.39 is 0 Å². The largest absolute Gasteiger partial charge is 0.0884 e. The molecule has 0 aromatic rings. The van der Waals surface area contributed by atoms with Crippen LogP contribution in [0.3, 0.4) is 0 Å². The maximum atomic E-state index is 2.49. The van der Waals surface area contributed by atoms with Crippen molar-refractivity contribution >= 4 is 0 Å². The summed E-state index contributed by atoms with van der Waals surface area (Å²) in [6, 6.07) is 0. The highest BCUT2D eigenvalue weighted by molar-refractivity contribution is 5.13. The van der Waals surface area contributed by atoms with Crippen LogP contribution < -0.4 is 0 Å². The fourth-order valence-corrected chi connectivity index (χ4v) is 3.72. The fourth-order valence-electron chi connectivity index (χ4n) is 3.72. The molecular weight excluding hydrogens is 228 g/mol. The summed E-state index contributed by atoms with van der Waals surface area (Å²) in [6.07, 6.45) is 19.3. The monoisotopic (exact) mass is 258 g/mol.